The normalized spacial score (nSPS) is 37.2. The summed E-state index contributed by atoms with van der Waals surface area (Å²) < 4.78 is 11.9. The zero-order valence-electron chi connectivity index (χ0n) is 17.3. The molecule has 2 bridgehead atoms. The summed E-state index contributed by atoms with van der Waals surface area (Å²) >= 11 is 0. The Balaban J connectivity index is 0.00000192. The van der Waals surface area contributed by atoms with E-state index in [1.165, 1.54) is 38.8 Å². The third-order valence-electron chi connectivity index (χ3n) is 7.81. The Hall–Kier alpha value is -0.120. The average Bonchev–Trinajstić information content (AvgIpc) is 3.48. The Labute approximate surface area is 186 Å². The number of halogens is 1. The van der Waals surface area contributed by atoms with Crippen molar-refractivity contribution in [1.29, 1.82) is 0 Å². The number of hydrogen-bond acceptors (Lipinski definition) is 4. The molecule has 4 atom stereocenters. The molecular weight excluding hydrogens is 467 g/mol. The molecular formula is C21H37IN4O2. The summed E-state index contributed by atoms with van der Waals surface area (Å²) in [6.07, 6.45) is 8.49. The zero-order chi connectivity index (χ0) is 18.3. The van der Waals surface area contributed by atoms with Crippen molar-refractivity contribution in [2.45, 2.75) is 63.2 Å². The number of hydrogen-bond donors (Lipinski definition) is 1. The average molecular weight is 504 g/mol. The van der Waals surface area contributed by atoms with Gasteiger partial charge >= 0.3 is 0 Å². The summed E-state index contributed by atoms with van der Waals surface area (Å²) in [6, 6.07) is 0. The van der Waals surface area contributed by atoms with Crippen molar-refractivity contribution < 1.29 is 9.47 Å². The van der Waals surface area contributed by atoms with Crippen molar-refractivity contribution >= 4 is 29.9 Å². The van der Waals surface area contributed by atoms with Gasteiger partial charge in [0.2, 0.25) is 0 Å². The van der Waals surface area contributed by atoms with E-state index in [0.717, 1.165) is 70.0 Å². The maximum atomic E-state index is 6.16. The van der Waals surface area contributed by atoms with Crippen LogP contribution in [0.2, 0.25) is 0 Å². The van der Waals surface area contributed by atoms with Crippen LogP contribution in [0.1, 0.15) is 45.4 Å². The smallest absolute Gasteiger partial charge is 0.194 e. The van der Waals surface area contributed by atoms with Gasteiger partial charge in [0, 0.05) is 50.2 Å². The Kier molecular flexibility index (Phi) is 6.74. The van der Waals surface area contributed by atoms with E-state index in [2.05, 4.69) is 22.0 Å². The molecule has 5 rings (SSSR count). The number of nitrogens with one attached hydrogen (secondary N) is 1. The molecule has 5 aliphatic rings. The summed E-state index contributed by atoms with van der Waals surface area (Å²) in [7, 11) is 0. The van der Waals surface area contributed by atoms with Gasteiger partial charge in [-0.05, 0) is 58.5 Å². The second kappa shape index (κ2) is 8.94. The lowest BCUT2D eigenvalue weighted by molar-refractivity contribution is -0.0140. The van der Waals surface area contributed by atoms with Crippen molar-refractivity contribution in [3.8, 4) is 0 Å². The van der Waals surface area contributed by atoms with E-state index in [-0.39, 0.29) is 29.5 Å². The molecule has 0 amide bonds. The maximum Gasteiger partial charge on any atom is 0.194 e. The number of rotatable bonds is 4. The van der Waals surface area contributed by atoms with Gasteiger partial charge in [0.15, 0.2) is 5.96 Å². The molecule has 0 aromatic heterocycles. The Morgan fingerprint density at radius 2 is 1.71 bits per heavy atom. The fourth-order valence-electron chi connectivity index (χ4n) is 6.30. The molecule has 0 spiro atoms. The molecule has 0 radical (unpaired) electrons. The van der Waals surface area contributed by atoms with E-state index in [1.54, 1.807) is 0 Å². The van der Waals surface area contributed by atoms with Gasteiger partial charge in [-0.25, -0.2) is 0 Å². The molecule has 5 aliphatic heterocycles. The molecule has 5 saturated heterocycles. The third-order valence-corrected chi connectivity index (χ3v) is 7.81. The quantitative estimate of drug-likeness (QED) is 0.362. The summed E-state index contributed by atoms with van der Waals surface area (Å²) in [5, 5.41) is 3.60. The highest BCUT2D eigenvalue weighted by Gasteiger charge is 2.53. The molecule has 0 aliphatic carbocycles. The minimum atomic E-state index is 0. The topological polar surface area (TPSA) is 49.3 Å². The molecule has 5 fully saturated rings. The van der Waals surface area contributed by atoms with Crippen LogP contribution in [0.15, 0.2) is 4.99 Å². The summed E-state index contributed by atoms with van der Waals surface area (Å²) in [5.41, 5.74) is 0.215. The van der Waals surface area contributed by atoms with Crippen LogP contribution in [0, 0.1) is 11.8 Å². The Morgan fingerprint density at radius 1 is 1.07 bits per heavy atom. The van der Waals surface area contributed by atoms with Crippen LogP contribution in [0.25, 0.3) is 0 Å². The Bertz CT molecular complexity index is 545. The van der Waals surface area contributed by atoms with Crippen molar-refractivity contribution in [3.63, 3.8) is 0 Å². The zero-order valence-corrected chi connectivity index (χ0v) is 19.6. The number of guanidine groups is 1. The first-order valence-electron chi connectivity index (χ1n) is 11.3. The van der Waals surface area contributed by atoms with Crippen LogP contribution in [0.5, 0.6) is 0 Å². The lowest BCUT2D eigenvalue weighted by Gasteiger charge is -2.44. The number of nitrogens with zero attached hydrogens (tertiary/aromatic N) is 3. The highest BCUT2D eigenvalue weighted by molar-refractivity contribution is 14.0. The van der Waals surface area contributed by atoms with Crippen LogP contribution >= 0.6 is 24.0 Å². The van der Waals surface area contributed by atoms with Gasteiger partial charge in [0.05, 0.1) is 18.8 Å². The van der Waals surface area contributed by atoms with Crippen LogP contribution in [0.3, 0.4) is 0 Å². The van der Waals surface area contributed by atoms with Gasteiger partial charge in [0.25, 0.3) is 0 Å². The number of likely N-dealkylation sites (tertiary alicyclic amines) is 2. The van der Waals surface area contributed by atoms with Crippen molar-refractivity contribution in [2.24, 2.45) is 16.8 Å². The van der Waals surface area contributed by atoms with Crippen LogP contribution in [-0.2, 0) is 9.47 Å². The van der Waals surface area contributed by atoms with Crippen molar-refractivity contribution in [2.75, 3.05) is 52.5 Å². The fraction of sp³-hybridized carbons (Fsp3) is 0.952. The van der Waals surface area contributed by atoms with Gasteiger partial charge in [-0.2, -0.15) is 0 Å². The monoisotopic (exact) mass is 504 g/mol. The van der Waals surface area contributed by atoms with E-state index in [1.807, 2.05) is 0 Å². The van der Waals surface area contributed by atoms with Gasteiger partial charge in [0.1, 0.15) is 0 Å². The molecule has 6 nitrogen and oxygen atoms in total. The standard InChI is InChI=1S/C21H36N4O2.HI/c1-2-22-20(24-13-16-17(14-24)19-6-5-18(16)27-19)23-15-21(7-11-26-12-8-21)25-9-3-4-10-25;/h16-19H,2-15H2,1H3,(H,22,23);1H. The van der Waals surface area contributed by atoms with Crippen LogP contribution in [-0.4, -0.2) is 86.0 Å². The largest absolute Gasteiger partial charge is 0.381 e. The second-order valence-corrected chi connectivity index (χ2v) is 9.22. The number of ether oxygens (including phenoxy) is 2. The highest BCUT2D eigenvalue weighted by Crippen LogP contribution is 2.47. The predicted octanol–water partition coefficient (Wildman–Crippen LogP) is 2.32. The van der Waals surface area contributed by atoms with Gasteiger partial charge in [-0.15, -0.1) is 24.0 Å². The SMILES string of the molecule is CCNC(=NCC1(N2CCCC2)CCOCC1)N1CC2C3CCC(O3)C2C1.I. The minimum Gasteiger partial charge on any atom is -0.381 e. The number of fused-ring (bicyclic) bond motifs is 5. The molecule has 160 valence electrons. The van der Waals surface area contributed by atoms with E-state index in [9.17, 15) is 0 Å². The Morgan fingerprint density at radius 3 is 2.32 bits per heavy atom. The van der Waals surface area contributed by atoms with E-state index in [0.29, 0.717) is 12.2 Å². The third kappa shape index (κ3) is 3.81. The molecule has 7 heteroatoms. The molecule has 5 heterocycles. The molecule has 28 heavy (non-hydrogen) atoms. The van der Waals surface area contributed by atoms with Crippen LogP contribution in [0.4, 0.5) is 0 Å². The second-order valence-electron chi connectivity index (χ2n) is 9.22. The molecule has 0 aromatic carbocycles. The molecule has 1 N–H and O–H groups in total. The number of aliphatic imine (C=N–C) groups is 1. The van der Waals surface area contributed by atoms with Gasteiger partial charge in [-0.1, -0.05) is 0 Å². The molecule has 0 aromatic rings. The first-order valence-corrected chi connectivity index (χ1v) is 11.3. The van der Waals surface area contributed by atoms with Crippen molar-refractivity contribution in [3.05, 3.63) is 0 Å². The van der Waals surface area contributed by atoms with Crippen molar-refractivity contribution in [1.82, 2.24) is 15.1 Å². The highest BCUT2D eigenvalue weighted by atomic mass is 127. The lowest BCUT2D eigenvalue weighted by atomic mass is 9.82. The van der Waals surface area contributed by atoms with E-state index < -0.39 is 0 Å². The first kappa shape index (κ1) is 21.1. The molecule has 4 unspecified atom stereocenters. The summed E-state index contributed by atoms with van der Waals surface area (Å²) in [4.78, 5) is 10.5. The van der Waals surface area contributed by atoms with E-state index in [4.69, 9.17) is 14.5 Å². The van der Waals surface area contributed by atoms with Gasteiger partial charge in [-0.3, -0.25) is 9.89 Å². The summed E-state index contributed by atoms with van der Waals surface area (Å²) in [5.74, 6) is 2.59. The van der Waals surface area contributed by atoms with Crippen LogP contribution < -0.4 is 5.32 Å². The van der Waals surface area contributed by atoms with E-state index >= 15 is 0 Å². The first-order chi connectivity index (χ1) is 13.3. The molecule has 0 saturated carbocycles. The summed E-state index contributed by atoms with van der Waals surface area (Å²) in [6.45, 7) is 10.5. The fourth-order valence-corrected chi connectivity index (χ4v) is 6.30. The lowest BCUT2D eigenvalue weighted by Crippen LogP contribution is -2.54. The maximum absolute atomic E-state index is 6.16. The predicted molar refractivity (Wildman–Crippen MR) is 121 cm³/mol. The van der Waals surface area contributed by atoms with Gasteiger partial charge < -0.3 is 19.7 Å². The minimum absolute atomic E-state index is 0.